The molecule has 2 unspecified atom stereocenters. The standard InChI is InChI=1S/C15H24ClNS/c1-4-12(3)15(17-5-2)11-18-10-13-6-8-14(16)9-7-13/h6-9,12,15,17H,4-5,10-11H2,1-3H3. The number of nitrogens with one attached hydrogen (secondary N) is 1. The normalized spacial score (nSPS) is 14.4. The predicted octanol–water partition coefficient (Wildman–Crippen LogP) is 4.60. The molecule has 0 heterocycles. The summed E-state index contributed by atoms with van der Waals surface area (Å²) in [4.78, 5) is 0. The van der Waals surface area contributed by atoms with Crippen molar-refractivity contribution in [2.24, 2.45) is 5.92 Å². The first-order chi connectivity index (χ1) is 8.67. The van der Waals surface area contributed by atoms with Crippen LogP contribution in [0.25, 0.3) is 0 Å². The molecule has 0 aliphatic rings. The van der Waals surface area contributed by atoms with E-state index >= 15 is 0 Å². The molecule has 0 aliphatic carbocycles. The molecule has 0 fully saturated rings. The van der Waals surface area contributed by atoms with Gasteiger partial charge in [0.25, 0.3) is 0 Å². The van der Waals surface area contributed by atoms with Crippen LogP contribution in [0, 0.1) is 5.92 Å². The highest BCUT2D eigenvalue weighted by molar-refractivity contribution is 7.98. The molecule has 0 bridgehead atoms. The van der Waals surface area contributed by atoms with Crippen molar-refractivity contribution < 1.29 is 0 Å². The second-order valence-corrected chi connectivity index (χ2v) is 6.16. The molecule has 0 spiro atoms. The van der Waals surface area contributed by atoms with Gasteiger partial charge >= 0.3 is 0 Å². The summed E-state index contributed by atoms with van der Waals surface area (Å²) in [6, 6.07) is 8.78. The molecule has 18 heavy (non-hydrogen) atoms. The molecule has 1 N–H and O–H groups in total. The topological polar surface area (TPSA) is 12.0 Å². The Hall–Kier alpha value is -0.180. The molecular formula is C15H24ClNS. The summed E-state index contributed by atoms with van der Waals surface area (Å²) in [5.74, 6) is 2.98. The monoisotopic (exact) mass is 285 g/mol. The van der Waals surface area contributed by atoms with E-state index in [1.165, 1.54) is 17.7 Å². The van der Waals surface area contributed by atoms with Gasteiger partial charge in [-0.2, -0.15) is 11.8 Å². The van der Waals surface area contributed by atoms with Crippen LogP contribution >= 0.6 is 23.4 Å². The highest BCUT2D eigenvalue weighted by Gasteiger charge is 2.14. The van der Waals surface area contributed by atoms with Crippen molar-refractivity contribution in [1.29, 1.82) is 0 Å². The molecule has 0 saturated carbocycles. The Morgan fingerprint density at radius 3 is 2.44 bits per heavy atom. The van der Waals surface area contributed by atoms with Crippen LogP contribution in [0.15, 0.2) is 24.3 Å². The molecule has 1 aromatic rings. The number of hydrogen-bond acceptors (Lipinski definition) is 2. The van der Waals surface area contributed by atoms with Crippen molar-refractivity contribution in [3.8, 4) is 0 Å². The number of rotatable bonds is 8. The first kappa shape index (κ1) is 15.9. The lowest BCUT2D eigenvalue weighted by atomic mass is 10.0. The van der Waals surface area contributed by atoms with Gasteiger partial charge in [0.1, 0.15) is 0 Å². The number of benzene rings is 1. The van der Waals surface area contributed by atoms with Crippen LogP contribution in [0.3, 0.4) is 0 Å². The third-order valence-electron chi connectivity index (χ3n) is 3.28. The van der Waals surface area contributed by atoms with E-state index in [-0.39, 0.29) is 0 Å². The molecule has 1 aromatic carbocycles. The molecule has 0 radical (unpaired) electrons. The fourth-order valence-electron chi connectivity index (χ4n) is 1.86. The van der Waals surface area contributed by atoms with Crippen LogP contribution in [0.1, 0.15) is 32.8 Å². The lowest BCUT2D eigenvalue weighted by Crippen LogP contribution is -2.36. The fourth-order valence-corrected chi connectivity index (χ4v) is 3.23. The van der Waals surface area contributed by atoms with Gasteiger partial charge < -0.3 is 5.32 Å². The van der Waals surface area contributed by atoms with Crippen molar-refractivity contribution in [1.82, 2.24) is 5.32 Å². The Labute approximate surface area is 121 Å². The SMILES string of the molecule is CCNC(CSCc1ccc(Cl)cc1)C(C)CC. The Bertz CT molecular complexity index is 326. The molecular weight excluding hydrogens is 262 g/mol. The quantitative estimate of drug-likeness (QED) is 0.749. The van der Waals surface area contributed by atoms with Gasteiger partial charge in [-0.1, -0.05) is 50.9 Å². The zero-order chi connectivity index (χ0) is 13.4. The molecule has 2 atom stereocenters. The maximum atomic E-state index is 5.88. The van der Waals surface area contributed by atoms with E-state index < -0.39 is 0 Å². The molecule has 0 amide bonds. The van der Waals surface area contributed by atoms with Crippen molar-refractivity contribution >= 4 is 23.4 Å². The smallest absolute Gasteiger partial charge is 0.0406 e. The maximum absolute atomic E-state index is 5.88. The van der Waals surface area contributed by atoms with Crippen molar-refractivity contribution in [2.75, 3.05) is 12.3 Å². The van der Waals surface area contributed by atoms with E-state index in [1.807, 2.05) is 23.9 Å². The van der Waals surface area contributed by atoms with Crippen LogP contribution in [0.2, 0.25) is 5.02 Å². The van der Waals surface area contributed by atoms with E-state index in [2.05, 4.69) is 38.2 Å². The summed E-state index contributed by atoms with van der Waals surface area (Å²) in [5.41, 5.74) is 1.35. The second-order valence-electron chi connectivity index (χ2n) is 4.69. The number of hydrogen-bond donors (Lipinski definition) is 1. The van der Waals surface area contributed by atoms with Crippen LogP contribution in [0.4, 0.5) is 0 Å². The number of thioether (sulfide) groups is 1. The van der Waals surface area contributed by atoms with Crippen LogP contribution in [-0.2, 0) is 5.75 Å². The Morgan fingerprint density at radius 2 is 1.89 bits per heavy atom. The van der Waals surface area contributed by atoms with Crippen LogP contribution in [0.5, 0.6) is 0 Å². The van der Waals surface area contributed by atoms with Gasteiger partial charge in [0.05, 0.1) is 0 Å². The predicted molar refractivity (Wildman–Crippen MR) is 84.5 cm³/mol. The lowest BCUT2D eigenvalue weighted by Gasteiger charge is -2.23. The molecule has 1 nitrogen and oxygen atoms in total. The summed E-state index contributed by atoms with van der Waals surface area (Å²) in [6.07, 6.45) is 1.24. The second kappa shape index (κ2) is 8.84. The maximum Gasteiger partial charge on any atom is 0.0406 e. The Balaban J connectivity index is 2.36. The molecule has 1 rings (SSSR count). The van der Waals surface area contributed by atoms with E-state index in [4.69, 9.17) is 11.6 Å². The minimum Gasteiger partial charge on any atom is -0.313 e. The third-order valence-corrected chi connectivity index (χ3v) is 4.66. The van der Waals surface area contributed by atoms with Gasteiger partial charge in [0.2, 0.25) is 0 Å². The third kappa shape index (κ3) is 5.64. The fraction of sp³-hybridized carbons (Fsp3) is 0.600. The highest BCUT2D eigenvalue weighted by atomic mass is 35.5. The van der Waals surface area contributed by atoms with E-state index in [9.17, 15) is 0 Å². The van der Waals surface area contributed by atoms with Crippen LogP contribution < -0.4 is 5.32 Å². The summed E-state index contributed by atoms with van der Waals surface area (Å²) >= 11 is 7.88. The minimum absolute atomic E-state index is 0.623. The van der Waals surface area contributed by atoms with Gasteiger partial charge in [0, 0.05) is 22.6 Å². The van der Waals surface area contributed by atoms with Crippen molar-refractivity contribution in [2.45, 2.75) is 39.0 Å². The Kier molecular flexibility index (Phi) is 7.80. The summed E-state index contributed by atoms with van der Waals surface area (Å²) in [7, 11) is 0. The van der Waals surface area contributed by atoms with Gasteiger partial charge in [-0.15, -0.1) is 0 Å². The van der Waals surface area contributed by atoms with Gasteiger partial charge in [-0.3, -0.25) is 0 Å². The largest absolute Gasteiger partial charge is 0.313 e. The Morgan fingerprint density at radius 1 is 1.22 bits per heavy atom. The summed E-state index contributed by atoms with van der Waals surface area (Å²) in [5, 5.41) is 4.40. The van der Waals surface area contributed by atoms with Gasteiger partial charge in [-0.05, 0) is 30.2 Å². The lowest BCUT2D eigenvalue weighted by molar-refractivity contribution is 0.404. The zero-order valence-corrected chi connectivity index (χ0v) is 13.2. The first-order valence-electron chi connectivity index (χ1n) is 6.72. The molecule has 0 saturated heterocycles. The summed E-state index contributed by atoms with van der Waals surface area (Å²) < 4.78 is 0. The average Bonchev–Trinajstić information content (AvgIpc) is 2.39. The summed E-state index contributed by atoms with van der Waals surface area (Å²) in [6.45, 7) is 7.82. The van der Waals surface area contributed by atoms with Crippen molar-refractivity contribution in [3.05, 3.63) is 34.9 Å². The molecule has 0 aliphatic heterocycles. The van der Waals surface area contributed by atoms with Gasteiger partial charge in [0.15, 0.2) is 0 Å². The van der Waals surface area contributed by atoms with Gasteiger partial charge in [-0.25, -0.2) is 0 Å². The first-order valence-corrected chi connectivity index (χ1v) is 8.26. The average molecular weight is 286 g/mol. The molecule has 0 aromatic heterocycles. The van der Waals surface area contributed by atoms with E-state index in [1.54, 1.807) is 0 Å². The van der Waals surface area contributed by atoms with Crippen molar-refractivity contribution in [3.63, 3.8) is 0 Å². The van der Waals surface area contributed by atoms with Crippen LogP contribution in [-0.4, -0.2) is 18.3 Å². The molecule has 102 valence electrons. The molecule has 3 heteroatoms. The number of halogens is 1. The minimum atomic E-state index is 0.623. The van der Waals surface area contributed by atoms with E-state index in [0.29, 0.717) is 6.04 Å². The van der Waals surface area contributed by atoms with E-state index in [0.717, 1.165) is 23.2 Å². The highest BCUT2D eigenvalue weighted by Crippen LogP contribution is 2.19. The zero-order valence-electron chi connectivity index (χ0n) is 11.6.